The third kappa shape index (κ3) is 4.27. The number of nitro groups is 1. The first kappa shape index (κ1) is 15.9. The van der Waals surface area contributed by atoms with E-state index in [9.17, 15) is 10.1 Å². The minimum Gasteiger partial charge on any atom is -0.385 e. The molecular formula is C15H23N3O2S. The first-order valence-corrected chi connectivity index (χ1v) is 8.58. The highest BCUT2D eigenvalue weighted by atomic mass is 32.2. The van der Waals surface area contributed by atoms with E-state index in [-0.39, 0.29) is 10.6 Å². The monoisotopic (exact) mass is 309 g/mol. The SMILES string of the molecule is CCCNc1cc(N2CCSC(CC)C2)cc([N+](=O)[O-])c1. The third-order valence-corrected chi connectivity index (χ3v) is 5.02. The lowest BCUT2D eigenvalue weighted by atomic mass is 10.2. The van der Waals surface area contributed by atoms with Gasteiger partial charge in [0.15, 0.2) is 0 Å². The van der Waals surface area contributed by atoms with E-state index in [4.69, 9.17) is 0 Å². The van der Waals surface area contributed by atoms with Gasteiger partial charge in [-0.3, -0.25) is 10.1 Å². The fourth-order valence-electron chi connectivity index (χ4n) is 2.46. The van der Waals surface area contributed by atoms with Crippen molar-refractivity contribution < 1.29 is 4.92 Å². The van der Waals surface area contributed by atoms with Gasteiger partial charge in [-0.1, -0.05) is 13.8 Å². The summed E-state index contributed by atoms with van der Waals surface area (Å²) in [6, 6.07) is 5.35. The number of hydrogen-bond acceptors (Lipinski definition) is 5. The molecule has 1 unspecified atom stereocenters. The average molecular weight is 309 g/mol. The Hall–Kier alpha value is -1.43. The van der Waals surface area contributed by atoms with Gasteiger partial charge in [-0.15, -0.1) is 0 Å². The molecule has 116 valence electrons. The molecule has 1 saturated heterocycles. The van der Waals surface area contributed by atoms with E-state index in [1.165, 1.54) is 0 Å². The van der Waals surface area contributed by atoms with Crippen molar-refractivity contribution in [3.05, 3.63) is 28.3 Å². The molecule has 2 rings (SSSR count). The van der Waals surface area contributed by atoms with Crippen molar-refractivity contribution in [3.8, 4) is 0 Å². The second-order valence-electron chi connectivity index (χ2n) is 5.27. The van der Waals surface area contributed by atoms with Crippen molar-refractivity contribution in [2.24, 2.45) is 0 Å². The second-order valence-corrected chi connectivity index (χ2v) is 6.68. The van der Waals surface area contributed by atoms with Crippen molar-refractivity contribution in [2.45, 2.75) is 31.9 Å². The molecule has 6 heteroatoms. The van der Waals surface area contributed by atoms with Crippen LogP contribution in [-0.4, -0.2) is 35.6 Å². The average Bonchev–Trinajstić information content (AvgIpc) is 2.52. The Bertz CT molecular complexity index is 496. The van der Waals surface area contributed by atoms with Crippen LogP contribution in [0.2, 0.25) is 0 Å². The van der Waals surface area contributed by atoms with E-state index >= 15 is 0 Å². The van der Waals surface area contributed by atoms with Gasteiger partial charge >= 0.3 is 0 Å². The van der Waals surface area contributed by atoms with Crippen LogP contribution in [0.25, 0.3) is 0 Å². The maximum atomic E-state index is 11.1. The molecule has 1 aromatic carbocycles. The summed E-state index contributed by atoms with van der Waals surface area (Å²) in [4.78, 5) is 13.1. The number of nitrogens with zero attached hydrogens (tertiary/aromatic N) is 2. The highest BCUT2D eigenvalue weighted by molar-refractivity contribution is 8.00. The van der Waals surface area contributed by atoms with Crippen LogP contribution in [-0.2, 0) is 0 Å². The molecule has 1 atom stereocenters. The van der Waals surface area contributed by atoms with Crippen LogP contribution < -0.4 is 10.2 Å². The number of rotatable bonds is 6. The number of nitro benzene ring substituents is 1. The maximum absolute atomic E-state index is 11.1. The maximum Gasteiger partial charge on any atom is 0.273 e. The lowest BCUT2D eigenvalue weighted by Crippen LogP contribution is -2.37. The number of anilines is 2. The first-order valence-electron chi connectivity index (χ1n) is 7.54. The molecule has 1 fully saturated rings. The number of benzene rings is 1. The molecule has 1 aliphatic rings. The summed E-state index contributed by atoms with van der Waals surface area (Å²) >= 11 is 2.00. The van der Waals surface area contributed by atoms with Crippen molar-refractivity contribution in [3.63, 3.8) is 0 Å². The van der Waals surface area contributed by atoms with Gasteiger partial charge in [0.1, 0.15) is 0 Å². The number of nitrogens with one attached hydrogen (secondary N) is 1. The van der Waals surface area contributed by atoms with E-state index in [1.807, 2.05) is 17.8 Å². The van der Waals surface area contributed by atoms with Crippen molar-refractivity contribution in [2.75, 3.05) is 35.6 Å². The van der Waals surface area contributed by atoms with Gasteiger partial charge in [-0.25, -0.2) is 0 Å². The molecule has 21 heavy (non-hydrogen) atoms. The van der Waals surface area contributed by atoms with Crippen LogP contribution in [0.4, 0.5) is 17.1 Å². The molecule has 0 aliphatic carbocycles. The van der Waals surface area contributed by atoms with Gasteiger partial charge in [0, 0.05) is 54.1 Å². The number of thioether (sulfide) groups is 1. The zero-order valence-electron chi connectivity index (χ0n) is 12.7. The largest absolute Gasteiger partial charge is 0.385 e. The molecule has 1 aromatic rings. The Morgan fingerprint density at radius 1 is 1.43 bits per heavy atom. The van der Waals surface area contributed by atoms with E-state index < -0.39 is 0 Å². The number of non-ortho nitro benzene ring substituents is 1. The predicted molar refractivity (Wildman–Crippen MR) is 90.6 cm³/mol. The summed E-state index contributed by atoms with van der Waals surface area (Å²) in [6.07, 6.45) is 2.13. The Morgan fingerprint density at radius 2 is 2.24 bits per heavy atom. The zero-order valence-corrected chi connectivity index (χ0v) is 13.5. The quantitative estimate of drug-likeness (QED) is 0.640. The fraction of sp³-hybridized carbons (Fsp3) is 0.600. The van der Waals surface area contributed by atoms with E-state index in [0.717, 1.165) is 49.6 Å². The Balaban J connectivity index is 2.24. The van der Waals surface area contributed by atoms with Gasteiger partial charge in [-0.2, -0.15) is 11.8 Å². The molecule has 0 spiro atoms. The minimum absolute atomic E-state index is 0.164. The highest BCUT2D eigenvalue weighted by Gasteiger charge is 2.21. The normalized spacial score (nSPS) is 18.6. The Labute approximate surface area is 130 Å². The predicted octanol–water partition coefficient (Wildman–Crippen LogP) is 3.75. The van der Waals surface area contributed by atoms with Gasteiger partial charge in [-0.05, 0) is 18.9 Å². The summed E-state index contributed by atoms with van der Waals surface area (Å²) < 4.78 is 0. The zero-order chi connectivity index (χ0) is 15.2. The molecule has 0 aromatic heterocycles. The van der Waals surface area contributed by atoms with Crippen LogP contribution >= 0.6 is 11.8 Å². The highest BCUT2D eigenvalue weighted by Crippen LogP contribution is 2.31. The fourth-order valence-corrected chi connectivity index (χ4v) is 3.64. The van der Waals surface area contributed by atoms with Gasteiger partial charge < -0.3 is 10.2 Å². The van der Waals surface area contributed by atoms with Crippen LogP contribution in [0.1, 0.15) is 26.7 Å². The molecule has 0 bridgehead atoms. The molecule has 0 amide bonds. The number of hydrogen-bond donors (Lipinski definition) is 1. The summed E-state index contributed by atoms with van der Waals surface area (Å²) in [5.74, 6) is 1.08. The Morgan fingerprint density at radius 3 is 2.90 bits per heavy atom. The smallest absolute Gasteiger partial charge is 0.273 e. The summed E-state index contributed by atoms with van der Waals surface area (Å²) in [6.45, 7) is 7.03. The van der Waals surface area contributed by atoms with Crippen molar-refractivity contribution in [1.29, 1.82) is 0 Å². The molecule has 1 aliphatic heterocycles. The standard InChI is InChI=1S/C15H23N3O2S/c1-3-5-16-12-8-13(10-14(9-12)18(19)20)17-6-7-21-15(4-2)11-17/h8-10,15-16H,3-7,11H2,1-2H3. The molecule has 1 heterocycles. The minimum atomic E-state index is -0.309. The van der Waals surface area contributed by atoms with E-state index in [0.29, 0.717) is 5.25 Å². The first-order chi connectivity index (χ1) is 10.1. The van der Waals surface area contributed by atoms with Gasteiger partial charge in [0.25, 0.3) is 5.69 Å². The van der Waals surface area contributed by atoms with Crippen LogP contribution in [0, 0.1) is 10.1 Å². The third-order valence-electron chi connectivity index (χ3n) is 3.65. The van der Waals surface area contributed by atoms with Gasteiger partial charge in [0.05, 0.1) is 4.92 Å². The van der Waals surface area contributed by atoms with E-state index in [1.54, 1.807) is 12.1 Å². The van der Waals surface area contributed by atoms with Crippen LogP contribution in [0.15, 0.2) is 18.2 Å². The van der Waals surface area contributed by atoms with Gasteiger partial charge in [0.2, 0.25) is 0 Å². The van der Waals surface area contributed by atoms with Crippen molar-refractivity contribution in [1.82, 2.24) is 0 Å². The molecule has 0 saturated carbocycles. The Kier molecular flexibility index (Phi) is 5.73. The molecule has 0 radical (unpaired) electrons. The van der Waals surface area contributed by atoms with Crippen molar-refractivity contribution >= 4 is 28.8 Å². The topological polar surface area (TPSA) is 58.4 Å². The molecular weight excluding hydrogens is 286 g/mol. The second kappa shape index (κ2) is 7.54. The lowest BCUT2D eigenvalue weighted by Gasteiger charge is -2.33. The summed E-state index contributed by atoms with van der Waals surface area (Å²) in [7, 11) is 0. The molecule has 1 N–H and O–H groups in total. The lowest BCUT2D eigenvalue weighted by molar-refractivity contribution is -0.384. The summed E-state index contributed by atoms with van der Waals surface area (Å²) in [5, 5.41) is 15.0. The summed E-state index contributed by atoms with van der Waals surface area (Å²) in [5.41, 5.74) is 1.96. The molecule has 5 nitrogen and oxygen atoms in total. The van der Waals surface area contributed by atoms with Crippen LogP contribution in [0.3, 0.4) is 0 Å². The van der Waals surface area contributed by atoms with Crippen LogP contribution in [0.5, 0.6) is 0 Å². The van der Waals surface area contributed by atoms with E-state index in [2.05, 4.69) is 24.1 Å².